The smallest absolute Gasteiger partial charge is 0.225 e. The number of ether oxygens (including phenoxy) is 1. The molecule has 2 aromatic carbocycles. The quantitative estimate of drug-likeness (QED) is 0.533. The van der Waals surface area contributed by atoms with Crippen LogP contribution >= 0.6 is 11.6 Å². The number of hydrogen-bond acceptors (Lipinski definition) is 4. The number of halogens is 2. The van der Waals surface area contributed by atoms with Crippen molar-refractivity contribution in [2.75, 3.05) is 26.7 Å². The third-order valence-corrected chi connectivity index (χ3v) is 6.75. The molecule has 1 saturated heterocycles. The molecule has 0 aromatic heterocycles. The van der Waals surface area contributed by atoms with Crippen LogP contribution in [0.2, 0.25) is 5.02 Å². The van der Waals surface area contributed by atoms with E-state index in [-0.39, 0.29) is 35.1 Å². The Kier molecular flexibility index (Phi) is 8.38. The number of benzene rings is 2. The predicted octanol–water partition coefficient (Wildman–Crippen LogP) is 4.90. The number of nitrogens with two attached hydrogens (primary N) is 1. The average molecular weight is 476 g/mol. The number of amides is 1. The largest absolute Gasteiger partial charge is 0.497 e. The summed E-state index contributed by atoms with van der Waals surface area (Å²) in [6.07, 6.45) is 1.50. The molecule has 0 saturated carbocycles. The first-order chi connectivity index (χ1) is 15.6. The summed E-state index contributed by atoms with van der Waals surface area (Å²) >= 11 is 5.94. The molecule has 180 valence electrons. The van der Waals surface area contributed by atoms with Gasteiger partial charge in [0.25, 0.3) is 0 Å². The lowest BCUT2D eigenvalue weighted by molar-refractivity contribution is -0.125. The Morgan fingerprint density at radius 1 is 1.24 bits per heavy atom. The standard InChI is InChI=1S/C26H35ClFN3O2/c1-26(2,3)31-15-21(20-12-11-19(33-4)14-23(20)28)22(16-31)25(32)30-13-5-6-24(29)17-7-9-18(27)10-8-17/h7-12,14,21-22,24H,5-6,13,15-16,29H2,1-4H3,(H,30,32)/t21-,22+,24-/m0/s1. The highest BCUT2D eigenvalue weighted by molar-refractivity contribution is 6.30. The number of nitrogens with zero attached hydrogens (tertiary/aromatic N) is 1. The number of carbonyl (C=O) groups is 1. The minimum absolute atomic E-state index is 0.0398. The fourth-order valence-electron chi connectivity index (χ4n) is 4.41. The molecular formula is C26H35ClFN3O2. The lowest BCUT2D eigenvalue weighted by atomic mass is 9.88. The van der Waals surface area contributed by atoms with E-state index >= 15 is 0 Å². The zero-order valence-electron chi connectivity index (χ0n) is 19.9. The fourth-order valence-corrected chi connectivity index (χ4v) is 4.54. The van der Waals surface area contributed by atoms with Gasteiger partial charge in [0.1, 0.15) is 11.6 Å². The molecule has 1 aliphatic heterocycles. The summed E-state index contributed by atoms with van der Waals surface area (Å²) < 4.78 is 20.0. The second-order valence-corrected chi connectivity index (χ2v) is 10.2. The van der Waals surface area contributed by atoms with Gasteiger partial charge in [-0.25, -0.2) is 4.39 Å². The lowest BCUT2D eigenvalue weighted by Crippen LogP contribution is -2.41. The average Bonchev–Trinajstić information content (AvgIpc) is 3.22. The van der Waals surface area contributed by atoms with E-state index in [1.54, 1.807) is 12.1 Å². The summed E-state index contributed by atoms with van der Waals surface area (Å²) in [5.74, 6) is -0.438. The van der Waals surface area contributed by atoms with Crippen molar-refractivity contribution in [3.05, 3.63) is 64.4 Å². The zero-order valence-corrected chi connectivity index (χ0v) is 20.7. The van der Waals surface area contributed by atoms with E-state index in [9.17, 15) is 9.18 Å². The van der Waals surface area contributed by atoms with Crippen LogP contribution in [0, 0.1) is 11.7 Å². The second-order valence-electron chi connectivity index (χ2n) is 9.77. The van der Waals surface area contributed by atoms with Crippen LogP contribution in [0.4, 0.5) is 4.39 Å². The number of methoxy groups -OCH3 is 1. The molecule has 7 heteroatoms. The van der Waals surface area contributed by atoms with Gasteiger partial charge < -0.3 is 15.8 Å². The zero-order chi connectivity index (χ0) is 24.2. The number of carbonyl (C=O) groups excluding carboxylic acids is 1. The highest BCUT2D eigenvalue weighted by Crippen LogP contribution is 2.38. The highest BCUT2D eigenvalue weighted by atomic mass is 35.5. The van der Waals surface area contributed by atoms with Crippen LogP contribution in [0.3, 0.4) is 0 Å². The molecule has 1 aliphatic rings. The molecule has 2 aromatic rings. The van der Waals surface area contributed by atoms with Gasteiger partial charge >= 0.3 is 0 Å². The van der Waals surface area contributed by atoms with Crippen molar-refractivity contribution in [3.63, 3.8) is 0 Å². The fraction of sp³-hybridized carbons (Fsp3) is 0.500. The van der Waals surface area contributed by atoms with Crippen molar-refractivity contribution >= 4 is 17.5 Å². The molecule has 0 aliphatic carbocycles. The van der Waals surface area contributed by atoms with Crippen molar-refractivity contribution in [3.8, 4) is 5.75 Å². The van der Waals surface area contributed by atoms with Crippen LogP contribution in [-0.4, -0.2) is 43.1 Å². The normalized spacial score (nSPS) is 20.0. The Bertz CT molecular complexity index is 946. The van der Waals surface area contributed by atoms with E-state index in [1.807, 2.05) is 24.3 Å². The van der Waals surface area contributed by atoms with E-state index < -0.39 is 0 Å². The number of nitrogens with one attached hydrogen (secondary N) is 1. The Labute approximate surface area is 201 Å². The van der Waals surface area contributed by atoms with E-state index in [0.717, 1.165) is 18.4 Å². The molecule has 0 bridgehead atoms. The maximum Gasteiger partial charge on any atom is 0.225 e. The van der Waals surface area contributed by atoms with E-state index in [1.165, 1.54) is 13.2 Å². The molecule has 3 atom stereocenters. The SMILES string of the molecule is COc1ccc([C@@H]2CN(C(C)(C)C)C[C@H]2C(=O)NCCC[C@H](N)c2ccc(Cl)cc2)c(F)c1. The van der Waals surface area contributed by atoms with Gasteiger partial charge in [-0.05, 0) is 62.9 Å². The van der Waals surface area contributed by atoms with Gasteiger partial charge in [0.2, 0.25) is 5.91 Å². The topological polar surface area (TPSA) is 67.6 Å². The molecule has 0 unspecified atom stereocenters. The summed E-state index contributed by atoms with van der Waals surface area (Å²) in [5.41, 5.74) is 7.75. The molecule has 3 N–H and O–H groups in total. The molecule has 33 heavy (non-hydrogen) atoms. The second kappa shape index (κ2) is 10.9. The number of hydrogen-bond donors (Lipinski definition) is 2. The molecule has 0 spiro atoms. The van der Waals surface area contributed by atoms with Crippen LogP contribution < -0.4 is 15.8 Å². The van der Waals surface area contributed by atoms with Crippen molar-refractivity contribution in [1.82, 2.24) is 10.2 Å². The third kappa shape index (κ3) is 6.46. The lowest BCUT2D eigenvalue weighted by Gasteiger charge is -2.31. The summed E-state index contributed by atoms with van der Waals surface area (Å²) in [6, 6.07) is 12.3. The Balaban J connectivity index is 1.63. The molecular weight excluding hydrogens is 441 g/mol. The monoisotopic (exact) mass is 475 g/mol. The van der Waals surface area contributed by atoms with Crippen molar-refractivity contribution in [1.29, 1.82) is 0 Å². The Morgan fingerprint density at radius 3 is 2.55 bits per heavy atom. The van der Waals surface area contributed by atoms with Gasteiger partial charge in [0.05, 0.1) is 13.0 Å². The predicted molar refractivity (Wildman–Crippen MR) is 131 cm³/mol. The molecule has 1 amide bonds. The number of likely N-dealkylation sites (tertiary alicyclic amines) is 1. The molecule has 0 radical (unpaired) electrons. The minimum atomic E-state index is -0.332. The molecule has 5 nitrogen and oxygen atoms in total. The highest BCUT2D eigenvalue weighted by Gasteiger charge is 2.42. The summed E-state index contributed by atoms with van der Waals surface area (Å²) in [4.78, 5) is 15.4. The van der Waals surface area contributed by atoms with Crippen LogP contribution in [0.25, 0.3) is 0 Å². The van der Waals surface area contributed by atoms with Crippen molar-refractivity contribution in [2.45, 2.75) is 51.1 Å². The minimum Gasteiger partial charge on any atom is -0.497 e. The summed E-state index contributed by atoms with van der Waals surface area (Å²) in [7, 11) is 1.51. The Hall–Kier alpha value is -2.15. The van der Waals surface area contributed by atoms with Gasteiger partial charge in [0.15, 0.2) is 0 Å². The Morgan fingerprint density at radius 2 is 1.94 bits per heavy atom. The van der Waals surface area contributed by atoms with Crippen LogP contribution in [0.5, 0.6) is 5.75 Å². The van der Waals surface area contributed by atoms with Crippen molar-refractivity contribution in [2.24, 2.45) is 11.7 Å². The molecule has 1 heterocycles. The van der Waals surface area contributed by atoms with Gasteiger partial charge in [-0.2, -0.15) is 0 Å². The van der Waals surface area contributed by atoms with Gasteiger partial charge in [-0.3, -0.25) is 9.69 Å². The van der Waals surface area contributed by atoms with E-state index in [2.05, 4.69) is 31.0 Å². The maximum absolute atomic E-state index is 14.9. The van der Waals surface area contributed by atoms with Gasteiger partial charge in [0, 0.05) is 48.2 Å². The van der Waals surface area contributed by atoms with Crippen LogP contribution in [-0.2, 0) is 4.79 Å². The first-order valence-electron chi connectivity index (χ1n) is 11.5. The third-order valence-electron chi connectivity index (χ3n) is 6.50. The first-order valence-corrected chi connectivity index (χ1v) is 11.8. The number of rotatable bonds is 8. The maximum atomic E-state index is 14.9. The van der Waals surface area contributed by atoms with Crippen LogP contribution in [0.15, 0.2) is 42.5 Å². The molecule has 3 rings (SSSR count). The first kappa shape index (κ1) is 25.5. The van der Waals surface area contributed by atoms with Gasteiger partial charge in [-0.1, -0.05) is 29.8 Å². The summed E-state index contributed by atoms with van der Waals surface area (Å²) in [6.45, 7) is 8.11. The van der Waals surface area contributed by atoms with E-state index in [4.69, 9.17) is 22.1 Å². The molecule has 1 fully saturated rings. The van der Waals surface area contributed by atoms with Crippen molar-refractivity contribution < 1.29 is 13.9 Å². The van der Waals surface area contributed by atoms with Gasteiger partial charge in [-0.15, -0.1) is 0 Å². The van der Waals surface area contributed by atoms with Crippen LogP contribution in [0.1, 0.15) is 56.7 Å². The van der Waals surface area contributed by atoms with E-state index in [0.29, 0.717) is 36.0 Å². The summed E-state index contributed by atoms with van der Waals surface area (Å²) in [5, 5.41) is 3.75.